The Balaban J connectivity index is 2.66. The summed E-state index contributed by atoms with van der Waals surface area (Å²) in [7, 11) is 3.39. The second-order valence-electron chi connectivity index (χ2n) is 5.24. The van der Waals surface area contributed by atoms with Crippen LogP contribution in [0.2, 0.25) is 0 Å². The summed E-state index contributed by atoms with van der Waals surface area (Å²) < 4.78 is 12.9. The van der Waals surface area contributed by atoms with Crippen molar-refractivity contribution in [1.82, 2.24) is 15.5 Å². The van der Waals surface area contributed by atoms with E-state index in [2.05, 4.69) is 22.2 Å². The molecule has 0 atom stereocenters. The standard InChI is InChI=1S/C16H23FN4O/c1-12(2)9-18-16(20-11-15(22)21(3)4)19-10-13-5-7-14(17)8-6-13/h5-8H,1,9-11H2,2-4H3,(H2,18,19,20). The van der Waals surface area contributed by atoms with Crippen LogP contribution in [0.25, 0.3) is 0 Å². The van der Waals surface area contributed by atoms with E-state index in [0.717, 1.165) is 11.1 Å². The van der Waals surface area contributed by atoms with Gasteiger partial charge in [-0.25, -0.2) is 9.38 Å². The van der Waals surface area contributed by atoms with Gasteiger partial charge in [-0.05, 0) is 24.6 Å². The minimum atomic E-state index is -0.275. The Kier molecular flexibility index (Phi) is 7.08. The zero-order chi connectivity index (χ0) is 16.5. The van der Waals surface area contributed by atoms with Crippen LogP contribution in [0.4, 0.5) is 4.39 Å². The smallest absolute Gasteiger partial charge is 0.241 e. The lowest BCUT2D eigenvalue weighted by molar-refractivity contribution is -0.127. The molecule has 0 spiro atoms. The summed E-state index contributed by atoms with van der Waals surface area (Å²) in [5, 5.41) is 6.06. The van der Waals surface area contributed by atoms with Crippen molar-refractivity contribution in [2.45, 2.75) is 13.5 Å². The number of rotatable bonds is 6. The Morgan fingerprint density at radius 1 is 1.23 bits per heavy atom. The molecule has 2 N–H and O–H groups in total. The average molecular weight is 306 g/mol. The number of halogens is 1. The van der Waals surface area contributed by atoms with Gasteiger partial charge in [0.05, 0.1) is 13.1 Å². The van der Waals surface area contributed by atoms with Crippen molar-refractivity contribution in [3.8, 4) is 0 Å². The number of nitrogens with one attached hydrogen (secondary N) is 2. The minimum absolute atomic E-state index is 0.0494. The third-order valence-corrected chi connectivity index (χ3v) is 2.80. The van der Waals surface area contributed by atoms with E-state index >= 15 is 0 Å². The van der Waals surface area contributed by atoms with Crippen LogP contribution < -0.4 is 10.6 Å². The lowest BCUT2D eigenvalue weighted by Gasteiger charge is -2.15. The number of hydrogen-bond acceptors (Lipinski definition) is 2. The second kappa shape index (κ2) is 8.81. The molecule has 0 aliphatic heterocycles. The minimum Gasteiger partial charge on any atom is -0.353 e. The number of carbonyl (C=O) groups is 1. The molecule has 120 valence electrons. The maximum Gasteiger partial charge on any atom is 0.241 e. The zero-order valence-corrected chi connectivity index (χ0v) is 13.3. The van der Waals surface area contributed by atoms with E-state index in [1.165, 1.54) is 17.0 Å². The van der Waals surface area contributed by atoms with E-state index < -0.39 is 0 Å². The van der Waals surface area contributed by atoms with Crippen molar-refractivity contribution < 1.29 is 9.18 Å². The summed E-state index contributed by atoms with van der Waals surface area (Å²) in [6.45, 7) is 6.82. The van der Waals surface area contributed by atoms with Crippen LogP contribution in [0.1, 0.15) is 12.5 Å². The first-order valence-electron chi connectivity index (χ1n) is 6.99. The Morgan fingerprint density at radius 3 is 2.36 bits per heavy atom. The number of amides is 1. The fourth-order valence-corrected chi connectivity index (χ4v) is 1.49. The van der Waals surface area contributed by atoms with Gasteiger partial charge in [-0.2, -0.15) is 0 Å². The van der Waals surface area contributed by atoms with Crippen molar-refractivity contribution in [1.29, 1.82) is 0 Å². The van der Waals surface area contributed by atoms with Crippen LogP contribution in [-0.2, 0) is 11.3 Å². The number of likely N-dealkylation sites (N-methyl/N-ethyl adjacent to an activating group) is 1. The number of guanidine groups is 1. The van der Waals surface area contributed by atoms with Gasteiger partial charge in [0, 0.05) is 20.6 Å². The molecule has 0 saturated carbocycles. The molecule has 22 heavy (non-hydrogen) atoms. The Labute approximate surface area is 130 Å². The first kappa shape index (κ1) is 17.7. The van der Waals surface area contributed by atoms with Gasteiger partial charge in [-0.1, -0.05) is 24.3 Å². The van der Waals surface area contributed by atoms with Gasteiger partial charge < -0.3 is 15.5 Å². The van der Waals surface area contributed by atoms with Gasteiger partial charge in [-0.15, -0.1) is 0 Å². The van der Waals surface area contributed by atoms with Crippen molar-refractivity contribution >= 4 is 11.9 Å². The zero-order valence-electron chi connectivity index (χ0n) is 13.3. The monoisotopic (exact) mass is 306 g/mol. The van der Waals surface area contributed by atoms with Crippen LogP contribution >= 0.6 is 0 Å². The number of hydrogen-bond donors (Lipinski definition) is 2. The third-order valence-electron chi connectivity index (χ3n) is 2.80. The molecule has 1 rings (SSSR count). The first-order valence-corrected chi connectivity index (χ1v) is 6.99. The normalized spacial score (nSPS) is 11.0. The molecule has 0 radical (unpaired) electrons. The summed E-state index contributed by atoms with van der Waals surface area (Å²) >= 11 is 0. The molecule has 6 heteroatoms. The molecule has 0 heterocycles. The van der Waals surface area contributed by atoms with E-state index in [1.807, 2.05) is 6.92 Å². The van der Waals surface area contributed by atoms with E-state index in [0.29, 0.717) is 19.0 Å². The highest BCUT2D eigenvalue weighted by molar-refractivity contribution is 5.86. The van der Waals surface area contributed by atoms with Gasteiger partial charge in [0.15, 0.2) is 5.96 Å². The molecule has 1 aromatic carbocycles. The Bertz CT molecular complexity index is 538. The van der Waals surface area contributed by atoms with Gasteiger partial charge in [0.1, 0.15) is 5.82 Å². The fraction of sp³-hybridized carbons (Fsp3) is 0.375. The Hall–Kier alpha value is -2.37. The van der Waals surface area contributed by atoms with E-state index in [1.54, 1.807) is 26.2 Å². The largest absolute Gasteiger partial charge is 0.353 e. The van der Waals surface area contributed by atoms with Crippen LogP contribution in [0.15, 0.2) is 41.4 Å². The van der Waals surface area contributed by atoms with Crippen LogP contribution in [0, 0.1) is 5.82 Å². The molecule has 0 aliphatic rings. The summed E-state index contributed by atoms with van der Waals surface area (Å²) in [5.74, 6) is 0.192. The maximum atomic E-state index is 12.9. The summed E-state index contributed by atoms with van der Waals surface area (Å²) in [5.41, 5.74) is 1.84. The average Bonchev–Trinajstić information content (AvgIpc) is 2.47. The van der Waals surface area contributed by atoms with Crippen molar-refractivity contribution in [3.63, 3.8) is 0 Å². The van der Waals surface area contributed by atoms with Gasteiger partial charge in [0.2, 0.25) is 5.91 Å². The lowest BCUT2D eigenvalue weighted by atomic mass is 10.2. The predicted octanol–water partition coefficient (Wildman–Crippen LogP) is 1.53. The molecule has 0 unspecified atom stereocenters. The van der Waals surface area contributed by atoms with E-state index in [-0.39, 0.29) is 18.3 Å². The molecule has 1 aromatic rings. The second-order valence-corrected chi connectivity index (χ2v) is 5.24. The molecular weight excluding hydrogens is 283 g/mol. The third kappa shape index (κ3) is 6.88. The number of aliphatic imine (C=N–C) groups is 1. The quantitative estimate of drug-likeness (QED) is 0.476. The highest BCUT2D eigenvalue weighted by Crippen LogP contribution is 2.03. The van der Waals surface area contributed by atoms with Crippen molar-refractivity contribution in [2.24, 2.45) is 4.99 Å². The molecule has 0 aliphatic carbocycles. The predicted molar refractivity (Wildman–Crippen MR) is 87.1 cm³/mol. The molecule has 1 amide bonds. The first-order chi connectivity index (χ1) is 10.4. The van der Waals surface area contributed by atoms with Crippen LogP contribution in [-0.4, -0.2) is 44.0 Å². The highest BCUT2D eigenvalue weighted by Gasteiger charge is 2.05. The number of carbonyl (C=O) groups excluding carboxylic acids is 1. The lowest BCUT2D eigenvalue weighted by Crippen LogP contribution is -2.43. The number of nitrogens with zero attached hydrogens (tertiary/aromatic N) is 2. The SMILES string of the molecule is C=C(C)CNC(=NCc1ccc(F)cc1)NCC(=O)N(C)C. The van der Waals surface area contributed by atoms with Gasteiger partial charge >= 0.3 is 0 Å². The summed E-state index contributed by atoms with van der Waals surface area (Å²) in [4.78, 5) is 17.5. The topological polar surface area (TPSA) is 56.7 Å². The van der Waals surface area contributed by atoms with Gasteiger partial charge in [-0.3, -0.25) is 4.79 Å². The van der Waals surface area contributed by atoms with E-state index in [9.17, 15) is 9.18 Å². The fourth-order valence-electron chi connectivity index (χ4n) is 1.49. The Morgan fingerprint density at radius 2 is 1.82 bits per heavy atom. The molecule has 0 bridgehead atoms. The highest BCUT2D eigenvalue weighted by atomic mass is 19.1. The molecule has 0 saturated heterocycles. The molecule has 0 fully saturated rings. The summed E-state index contributed by atoms with van der Waals surface area (Å²) in [6, 6.07) is 6.16. The maximum absolute atomic E-state index is 12.9. The van der Waals surface area contributed by atoms with Crippen molar-refractivity contribution in [2.75, 3.05) is 27.2 Å². The van der Waals surface area contributed by atoms with Crippen LogP contribution in [0.5, 0.6) is 0 Å². The van der Waals surface area contributed by atoms with Crippen molar-refractivity contribution in [3.05, 3.63) is 47.8 Å². The summed E-state index contributed by atoms with van der Waals surface area (Å²) in [6.07, 6.45) is 0. The van der Waals surface area contributed by atoms with Gasteiger partial charge in [0.25, 0.3) is 0 Å². The van der Waals surface area contributed by atoms with E-state index in [4.69, 9.17) is 0 Å². The number of benzene rings is 1. The molecule has 0 aromatic heterocycles. The molecular formula is C16H23FN4O. The van der Waals surface area contributed by atoms with Crippen LogP contribution in [0.3, 0.4) is 0 Å². The molecule has 5 nitrogen and oxygen atoms in total.